The lowest BCUT2D eigenvalue weighted by Crippen LogP contribution is -2.42. The molecule has 0 spiro atoms. The summed E-state index contributed by atoms with van der Waals surface area (Å²) in [6.45, 7) is 21.6. The van der Waals surface area contributed by atoms with E-state index in [0.717, 1.165) is 38.5 Å². The summed E-state index contributed by atoms with van der Waals surface area (Å²) in [5, 5.41) is 9.95. The number of methoxy groups -OCH3 is 1. The SMILES string of the molecule is CC.CC.CC1CN(C)CC1C.CO.COC(C)(C)CNC(=O)C1CCN(C)C1. The van der Waals surface area contributed by atoms with Crippen LogP contribution in [0, 0.1) is 17.8 Å². The van der Waals surface area contributed by atoms with Gasteiger partial charge in [-0.2, -0.15) is 0 Å². The standard InChI is InChI=1S/C11H22N2O2.C7H15N.2C2H6.CH4O/c1-11(2,15-4)8-12-10(14)9-5-6-13(3)7-9;1-6-4-8(3)5-7(6)2;3*1-2/h9H,5-8H2,1-4H3,(H,12,14);6-7H,4-5H2,1-3H3;2*1-2H3;2H,1H3. The Morgan fingerprint density at radius 1 is 1.00 bits per heavy atom. The number of nitrogens with one attached hydrogen (secondary N) is 1. The normalized spacial score (nSPS) is 23.8. The van der Waals surface area contributed by atoms with Gasteiger partial charge in [0.2, 0.25) is 5.91 Å². The number of hydrogen-bond donors (Lipinski definition) is 2. The molecule has 1 amide bonds. The minimum absolute atomic E-state index is 0.155. The van der Waals surface area contributed by atoms with Crippen LogP contribution in [0.2, 0.25) is 0 Å². The lowest BCUT2D eigenvalue weighted by molar-refractivity contribution is -0.125. The number of carbonyl (C=O) groups is 1. The van der Waals surface area contributed by atoms with Crippen LogP contribution in [0.1, 0.15) is 61.8 Å². The van der Waals surface area contributed by atoms with Gasteiger partial charge in [-0.1, -0.05) is 41.5 Å². The van der Waals surface area contributed by atoms with Crippen LogP contribution in [-0.2, 0) is 9.53 Å². The summed E-state index contributed by atoms with van der Waals surface area (Å²) in [5.41, 5.74) is -0.278. The third-order valence-electron chi connectivity index (χ3n) is 5.17. The van der Waals surface area contributed by atoms with Crippen molar-refractivity contribution in [2.45, 2.75) is 67.4 Å². The summed E-state index contributed by atoms with van der Waals surface area (Å²) >= 11 is 0. The van der Waals surface area contributed by atoms with Crippen LogP contribution < -0.4 is 5.32 Å². The number of rotatable bonds is 4. The first kappa shape index (κ1) is 33.0. The molecular formula is C23H53N3O3. The molecule has 6 nitrogen and oxygen atoms in total. The molecule has 2 aliphatic rings. The molecule has 29 heavy (non-hydrogen) atoms. The van der Waals surface area contributed by atoms with Crippen LogP contribution in [0.3, 0.4) is 0 Å². The molecule has 0 saturated carbocycles. The molecule has 0 aromatic carbocycles. The Morgan fingerprint density at radius 3 is 1.72 bits per heavy atom. The lowest BCUT2D eigenvalue weighted by atomic mass is 10.0. The second kappa shape index (κ2) is 19.3. The molecule has 0 aromatic heterocycles. The van der Waals surface area contributed by atoms with Gasteiger partial charge in [0.1, 0.15) is 0 Å². The molecule has 0 aliphatic carbocycles. The first-order valence-corrected chi connectivity index (χ1v) is 11.3. The van der Waals surface area contributed by atoms with Crippen LogP contribution in [0.4, 0.5) is 0 Å². The van der Waals surface area contributed by atoms with Crippen LogP contribution >= 0.6 is 0 Å². The Labute approximate surface area is 182 Å². The predicted molar refractivity (Wildman–Crippen MR) is 126 cm³/mol. The van der Waals surface area contributed by atoms with E-state index in [2.05, 4.69) is 36.0 Å². The van der Waals surface area contributed by atoms with Crippen LogP contribution in [0.5, 0.6) is 0 Å². The highest BCUT2D eigenvalue weighted by Crippen LogP contribution is 2.19. The van der Waals surface area contributed by atoms with Crippen molar-refractivity contribution < 1.29 is 14.6 Å². The average Bonchev–Trinajstić information content (AvgIpc) is 3.29. The molecule has 0 aromatic rings. The van der Waals surface area contributed by atoms with Gasteiger partial charge in [-0.25, -0.2) is 0 Å². The molecule has 2 fully saturated rings. The van der Waals surface area contributed by atoms with Gasteiger partial charge in [-0.05, 0) is 52.7 Å². The maximum Gasteiger partial charge on any atom is 0.224 e. The fraction of sp³-hybridized carbons (Fsp3) is 0.957. The third kappa shape index (κ3) is 15.8. The van der Waals surface area contributed by atoms with Crippen molar-refractivity contribution >= 4 is 5.91 Å². The summed E-state index contributed by atoms with van der Waals surface area (Å²) in [6.07, 6.45) is 0.968. The van der Waals surface area contributed by atoms with E-state index in [4.69, 9.17) is 9.84 Å². The molecular weight excluding hydrogens is 366 g/mol. The molecule has 6 heteroatoms. The summed E-state index contributed by atoms with van der Waals surface area (Å²) in [7, 11) is 6.90. The van der Waals surface area contributed by atoms with Gasteiger partial charge in [0, 0.05) is 40.4 Å². The highest BCUT2D eigenvalue weighted by Gasteiger charge is 2.27. The lowest BCUT2D eigenvalue weighted by Gasteiger charge is -2.24. The van der Waals surface area contributed by atoms with Crippen LogP contribution in [0.15, 0.2) is 0 Å². The van der Waals surface area contributed by atoms with E-state index in [1.54, 1.807) is 7.11 Å². The van der Waals surface area contributed by atoms with Crippen molar-refractivity contribution in [2.24, 2.45) is 17.8 Å². The molecule has 2 N–H and O–H groups in total. The zero-order valence-corrected chi connectivity index (χ0v) is 21.6. The van der Waals surface area contributed by atoms with Crippen LogP contribution in [0.25, 0.3) is 0 Å². The second-order valence-corrected chi connectivity index (χ2v) is 8.11. The Kier molecular flexibility index (Phi) is 21.9. The van der Waals surface area contributed by atoms with Crippen molar-refractivity contribution in [3.8, 4) is 0 Å². The van der Waals surface area contributed by atoms with Crippen molar-refractivity contribution in [3.05, 3.63) is 0 Å². The molecule has 2 aliphatic heterocycles. The number of amides is 1. The van der Waals surface area contributed by atoms with E-state index in [0.29, 0.717) is 6.54 Å². The fourth-order valence-electron chi connectivity index (χ4n) is 3.08. The smallest absolute Gasteiger partial charge is 0.224 e. The summed E-state index contributed by atoms with van der Waals surface area (Å²) in [5.74, 6) is 2.15. The van der Waals surface area contributed by atoms with Crippen molar-refractivity contribution in [2.75, 3.05) is 61.0 Å². The first-order valence-electron chi connectivity index (χ1n) is 11.3. The highest BCUT2D eigenvalue weighted by molar-refractivity contribution is 5.79. The zero-order valence-electron chi connectivity index (χ0n) is 21.6. The molecule has 2 rings (SSSR count). The van der Waals surface area contributed by atoms with E-state index < -0.39 is 0 Å². The quantitative estimate of drug-likeness (QED) is 0.732. The maximum atomic E-state index is 11.8. The van der Waals surface area contributed by atoms with Crippen LogP contribution in [-0.4, -0.2) is 87.5 Å². The number of aliphatic hydroxyl groups is 1. The van der Waals surface area contributed by atoms with Crippen molar-refractivity contribution in [3.63, 3.8) is 0 Å². The Balaban J connectivity index is -0.000000407. The number of ether oxygens (including phenoxy) is 1. The summed E-state index contributed by atoms with van der Waals surface area (Å²) in [4.78, 5) is 16.3. The van der Waals surface area contributed by atoms with E-state index in [1.165, 1.54) is 13.1 Å². The Bertz CT molecular complexity index is 368. The second-order valence-electron chi connectivity index (χ2n) is 8.11. The molecule has 2 heterocycles. The Morgan fingerprint density at radius 2 is 1.45 bits per heavy atom. The van der Waals surface area contributed by atoms with Crippen molar-refractivity contribution in [1.29, 1.82) is 0 Å². The van der Waals surface area contributed by atoms with Gasteiger partial charge in [0.15, 0.2) is 0 Å². The largest absolute Gasteiger partial charge is 0.400 e. The molecule has 178 valence electrons. The van der Waals surface area contributed by atoms with E-state index >= 15 is 0 Å². The molecule has 3 unspecified atom stereocenters. The topological polar surface area (TPSA) is 65.0 Å². The number of aliphatic hydroxyl groups excluding tert-OH is 1. The highest BCUT2D eigenvalue weighted by atomic mass is 16.5. The summed E-state index contributed by atoms with van der Waals surface area (Å²) < 4.78 is 5.25. The maximum absolute atomic E-state index is 11.8. The minimum atomic E-state index is -0.278. The van der Waals surface area contributed by atoms with E-state index in [1.807, 2.05) is 48.6 Å². The number of likely N-dealkylation sites (tertiary alicyclic amines) is 2. The monoisotopic (exact) mass is 419 g/mol. The fourth-order valence-corrected chi connectivity index (χ4v) is 3.08. The molecule has 3 atom stereocenters. The van der Waals surface area contributed by atoms with Gasteiger partial charge < -0.3 is 25.0 Å². The average molecular weight is 420 g/mol. The first-order chi connectivity index (χ1) is 13.6. The van der Waals surface area contributed by atoms with Gasteiger partial charge in [-0.3, -0.25) is 4.79 Å². The predicted octanol–water partition coefficient (Wildman–Crippen LogP) is 3.34. The molecule has 0 bridgehead atoms. The van der Waals surface area contributed by atoms with Gasteiger partial charge in [-0.15, -0.1) is 0 Å². The van der Waals surface area contributed by atoms with Gasteiger partial charge >= 0.3 is 0 Å². The van der Waals surface area contributed by atoms with E-state index in [9.17, 15) is 4.79 Å². The molecule has 0 radical (unpaired) electrons. The van der Waals surface area contributed by atoms with Gasteiger partial charge in [0.05, 0.1) is 11.5 Å². The van der Waals surface area contributed by atoms with Gasteiger partial charge in [0.25, 0.3) is 0 Å². The number of carbonyl (C=O) groups excluding carboxylic acids is 1. The van der Waals surface area contributed by atoms with E-state index in [-0.39, 0.29) is 17.4 Å². The number of hydrogen-bond acceptors (Lipinski definition) is 5. The number of nitrogens with zero attached hydrogens (tertiary/aromatic N) is 2. The van der Waals surface area contributed by atoms with Crippen molar-refractivity contribution in [1.82, 2.24) is 15.1 Å². The molecule has 2 saturated heterocycles. The Hall–Kier alpha value is -0.690. The zero-order chi connectivity index (χ0) is 23.6. The third-order valence-corrected chi connectivity index (χ3v) is 5.17. The summed E-state index contributed by atoms with van der Waals surface area (Å²) in [6, 6.07) is 0. The minimum Gasteiger partial charge on any atom is -0.400 e.